The van der Waals surface area contributed by atoms with Crippen LogP contribution in [0.2, 0.25) is 0 Å². The van der Waals surface area contributed by atoms with E-state index in [1.807, 2.05) is 10.9 Å². The van der Waals surface area contributed by atoms with E-state index in [1.54, 1.807) is 6.20 Å². The predicted octanol–water partition coefficient (Wildman–Crippen LogP) is 2.36. The molecule has 0 bridgehead atoms. The van der Waals surface area contributed by atoms with Gasteiger partial charge in [-0.15, -0.1) is 0 Å². The highest BCUT2D eigenvalue weighted by molar-refractivity contribution is 5.34. The molecule has 0 amide bonds. The van der Waals surface area contributed by atoms with Crippen molar-refractivity contribution >= 4 is 0 Å². The second-order valence-corrected chi connectivity index (χ2v) is 4.18. The first-order valence-corrected chi connectivity index (χ1v) is 6.07. The topological polar surface area (TPSA) is 38.0 Å². The van der Waals surface area contributed by atoms with Crippen molar-refractivity contribution in [1.29, 1.82) is 0 Å². The highest BCUT2D eigenvalue weighted by Crippen LogP contribution is 2.11. The summed E-state index contributed by atoms with van der Waals surface area (Å²) in [5, 5.41) is 13.1. The summed E-state index contributed by atoms with van der Waals surface area (Å²) < 4.78 is 1.85. The molecule has 1 aromatic carbocycles. The highest BCUT2D eigenvalue weighted by Gasteiger charge is 2.00. The van der Waals surface area contributed by atoms with Crippen LogP contribution >= 0.6 is 0 Å². The van der Waals surface area contributed by atoms with Gasteiger partial charge in [-0.1, -0.05) is 25.5 Å². The van der Waals surface area contributed by atoms with Crippen LogP contribution in [-0.2, 0) is 12.8 Å². The molecule has 90 valence electrons. The molecule has 0 saturated carbocycles. The van der Waals surface area contributed by atoms with Crippen molar-refractivity contribution < 1.29 is 5.11 Å². The summed E-state index contributed by atoms with van der Waals surface area (Å²) in [6.07, 6.45) is 6.71. The monoisotopic (exact) mass is 230 g/mol. The summed E-state index contributed by atoms with van der Waals surface area (Å²) in [6.45, 7) is 2.35. The van der Waals surface area contributed by atoms with Crippen LogP contribution in [0.25, 0.3) is 5.69 Å². The first-order valence-electron chi connectivity index (χ1n) is 6.07. The van der Waals surface area contributed by atoms with Gasteiger partial charge in [-0.3, -0.25) is 0 Å². The first-order chi connectivity index (χ1) is 8.33. The molecule has 0 atom stereocenters. The second kappa shape index (κ2) is 5.64. The van der Waals surface area contributed by atoms with E-state index in [-0.39, 0.29) is 6.61 Å². The third-order valence-electron chi connectivity index (χ3n) is 2.78. The quantitative estimate of drug-likeness (QED) is 0.856. The lowest BCUT2D eigenvalue weighted by Gasteiger charge is -2.03. The molecule has 2 rings (SSSR count). The standard InChI is InChI=1S/C14H18N2O/c1-2-3-12-4-6-14(7-5-12)16-11-13(8-9-17)10-15-16/h4-7,10-11,17H,2-3,8-9H2,1H3. The maximum atomic E-state index is 8.86. The highest BCUT2D eigenvalue weighted by atomic mass is 16.2. The summed E-state index contributed by atoms with van der Waals surface area (Å²) in [7, 11) is 0. The first kappa shape index (κ1) is 11.9. The van der Waals surface area contributed by atoms with Crippen LogP contribution < -0.4 is 0 Å². The van der Waals surface area contributed by atoms with E-state index in [0.717, 1.165) is 17.7 Å². The Hall–Kier alpha value is -1.61. The lowest BCUT2D eigenvalue weighted by Crippen LogP contribution is -1.94. The molecule has 2 aromatic rings. The van der Waals surface area contributed by atoms with E-state index in [1.165, 1.54) is 12.0 Å². The molecule has 0 spiro atoms. The van der Waals surface area contributed by atoms with E-state index in [0.29, 0.717) is 6.42 Å². The van der Waals surface area contributed by atoms with Gasteiger partial charge in [-0.25, -0.2) is 4.68 Å². The molecule has 1 N–H and O–H groups in total. The zero-order valence-corrected chi connectivity index (χ0v) is 10.1. The van der Waals surface area contributed by atoms with Gasteiger partial charge in [-0.2, -0.15) is 5.10 Å². The summed E-state index contributed by atoms with van der Waals surface area (Å²) in [6, 6.07) is 8.46. The van der Waals surface area contributed by atoms with Crippen molar-refractivity contribution in [3.8, 4) is 5.69 Å². The van der Waals surface area contributed by atoms with Gasteiger partial charge in [0.2, 0.25) is 0 Å². The number of rotatable bonds is 5. The molecular weight excluding hydrogens is 212 g/mol. The maximum Gasteiger partial charge on any atom is 0.0645 e. The van der Waals surface area contributed by atoms with Crippen molar-refractivity contribution in [1.82, 2.24) is 9.78 Å². The van der Waals surface area contributed by atoms with E-state index >= 15 is 0 Å². The van der Waals surface area contributed by atoms with Crippen molar-refractivity contribution in [3.63, 3.8) is 0 Å². The molecule has 0 fully saturated rings. The average molecular weight is 230 g/mol. The van der Waals surface area contributed by atoms with Gasteiger partial charge in [0.15, 0.2) is 0 Å². The Labute approximate surface area is 102 Å². The van der Waals surface area contributed by atoms with E-state index in [9.17, 15) is 0 Å². The second-order valence-electron chi connectivity index (χ2n) is 4.18. The van der Waals surface area contributed by atoms with Crippen LogP contribution in [0.4, 0.5) is 0 Å². The predicted molar refractivity (Wildman–Crippen MR) is 68.3 cm³/mol. The zero-order valence-electron chi connectivity index (χ0n) is 10.1. The summed E-state index contributed by atoms with van der Waals surface area (Å²) in [4.78, 5) is 0. The summed E-state index contributed by atoms with van der Waals surface area (Å²) >= 11 is 0. The number of aliphatic hydroxyl groups is 1. The molecule has 0 unspecified atom stereocenters. The lowest BCUT2D eigenvalue weighted by atomic mass is 10.1. The van der Waals surface area contributed by atoms with Crippen LogP contribution in [-0.4, -0.2) is 21.5 Å². The van der Waals surface area contributed by atoms with Crippen LogP contribution in [0.3, 0.4) is 0 Å². The van der Waals surface area contributed by atoms with Gasteiger partial charge in [-0.05, 0) is 36.1 Å². The van der Waals surface area contributed by atoms with Gasteiger partial charge < -0.3 is 5.11 Å². The van der Waals surface area contributed by atoms with Gasteiger partial charge in [0.1, 0.15) is 0 Å². The molecule has 17 heavy (non-hydrogen) atoms. The van der Waals surface area contributed by atoms with Crippen LogP contribution in [0.1, 0.15) is 24.5 Å². The molecule has 0 aliphatic rings. The lowest BCUT2D eigenvalue weighted by molar-refractivity contribution is 0.299. The molecule has 0 radical (unpaired) electrons. The van der Waals surface area contributed by atoms with Gasteiger partial charge in [0, 0.05) is 12.8 Å². The van der Waals surface area contributed by atoms with Crippen molar-refractivity contribution in [2.24, 2.45) is 0 Å². The van der Waals surface area contributed by atoms with E-state index in [2.05, 4.69) is 36.3 Å². The third kappa shape index (κ3) is 2.94. The van der Waals surface area contributed by atoms with Crippen molar-refractivity contribution in [2.45, 2.75) is 26.2 Å². The Balaban J connectivity index is 2.15. The molecule has 0 saturated heterocycles. The molecular formula is C14H18N2O. The number of nitrogens with zero attached hydrogens (tertiary/aromatic N) is 2. The Kier molecular flexibility index (Phi) is 3.94. The van der Waals surface area contributed by atoms with Crippen LogP contribution in [0, 0.1) is 0 Å². The average Bonchev–Trinajstić information content (AvgIpc) is 2.80. The minimum absolute atomic E-state index is 0.168. The third-order valence-corrected chi connectivity index (χ3v) is 2.78. The summed E-state index contributed by atoms with van der Waals surface area (Å²) in [5.41, 5.74) is 3.48. The largest absolute Gasteiger partial charge is 0.396 e. The van der Waals surface area contributed by atoms with E-state index in [4.69, 9.17) is 5.11 Å². The number of aliphatic hydroxyl groups excluding tert-OH is 1. The van der Waals surface area contributed by atoms with Crippen LogP contribution in [0.5, 0.6) is 0 Å². The zero-order chi connectivity index (χ0) is 12.1. The van der Waals surface area contributed by atoms with Crippen molar-refractivity contribution in [3.05, 3.63) is 47.8 Å². The fourth-order valence-corrected chi connectivity index (χ4v) is 1.86. The number of hydrogen-bond acceptors (Lipinski definition) is 2. The van der Waals surface area contributed by atoms with E-state index < -0.39 is 0 Å². The van der Waals surface area contributed by atoms with Gasteiger partial charge >= 0.3 is 0 Å². The fraction of sp³-hybridized carbons (Fsp3) is 0.357. The van der Waals surface area contributed by atoms with Crippen LogP contribution in [0.15, 0.2) is 36.7 Å². The fourth-order valence-electron chi connectivity index (χ4n) is 1.86. The number of benzene rings is 1. The molecule has 3 nitrogen and oxygen atoms in total. The Morgan fingerprint density at radius 3 is 2.53 bits per heavy atom. The number of aromatic nitrogens is 2. The molecule has 1 heterocycles. The smallest absolute Gasteiger partial charge is 0.0645 e. The van der Waals surface area contributed by atoms with Gasteiger partial charge in [0.25, 0.3) is 0 Å². The number of aryl methyl sites for hydroxylation is 1. The van der Waals surface area contributed by atoms with Crippen molar-refractivity contribution in [2.75, 3.05) is 6.61 Å². The Bertz CT molecular complexity index is 459. The normalized spacial score (nSPS) is 10.7. The maximum absolute atomic E-state index is 8.86. The minimum Gasteiger partial charge on any atom is -0.396 e. The molecule has 1 aromatic heterocycles. The SMILES string of the molecule is CCCc1ccc(-n2cc(CCO)cn2)cc1. The molecule has 0 aliphatic heterocycles. The molecule has 0 aliphatic carbocycles. The Morgan fingerprint density at radius 2 is 1.88 bits per heavy atom. The number of hydrogen-bond donors (Lipinski definition) is 1. The van der Waals surface area contributed by atoms with Gasteiger partial charge in [0.05, 0.1) is 11.9 Å². The molecule has 3 heteroatoms. The Morgan fingerprint density at radius 1 is 1.12 bits per heavy atom. The summed E-state index contributed by atoms with van der Waals surface area (Å²) in [5.74, 6) is 0. The minimum atomic E-state index is 0.168.